The Kier molecular flexibility index (Phi) is 6.84. The van der Waals surface area contributed by atoms with Gasteiger partial charge < -0.3 is 9.32 Å². The van der Waals surface area contributed by atoms with Crippen LogP contribution in [0.3, 0.4) is 0 Å². The zero-order chi connectivity index (χ0) is 31.9. The Labute approximate surface area is 279 Å². The van der Waals surface area contributed by atoms with E-state index in [0.29, 0.717) is 0 Å². The van der Waals surface area contributed by atoms with E-state index >= 15 is 0 Å². The second-order valence-electron chi connectivity index (χ2n) is 12.2. The standard InChI is InChI=1S/C46H31NO/c1-4-13-32(14-5-1)34-23-26-39(27-24-34)47(38-20-8-3-9-21-38)40-30-43(37-19-12-18-36(29-37)33-15-6-2-7-16-33)46-44(31-40)42-28-25-35-17-10-11-22-41(35)45(42)48-46/h1-31H. The predicted octanol–water partition coefficient (Wildman–Crippen LogP) is 13.2. The molecule has 48 heavy (non-hydrogen) atoms. The van der Waals surface area contributed by atoms with Gasteiger partial charge in [0.15, 0.2) is 0 Å². The average molecular weight is 614 g/mol. The maximum atomic E-state index is 6.89. The molecule has 9 rings (SSSR count). The molecule has 0 N–H and O–H groups in total. The van der Waals surface area contributed by atoms with Gasteiger partial charge in [0.05, 0.1) is 0 Å². The molecule has 2 nitrogen and oxygen atoms in total. The summed E-state index contributed by atoms with van der Waals surface area (Å²) in [4.78, 5) is 2.35. The van der Waals surface area contributed by atoms with Crippen LogP contribution in [0, 0.1) is 0 Å². The van der Waals surface area contributed by atoms with Gasteiger partial charge in [-0.1, -0.05) is 140 Å². The van der Waals surface area contributed by atoms with Gasteiger partial charge in [-0.2, -0.15) is 0 Å². The summed E-state index contributed by atoms with van der Waals surface area (Å²) < 4.78 is 6.89. The van der Waals surface area contributed by atoms with Crippen LogP contribution in [0.5, 0.6) is 0 Å². The molecule has 8 aromatic carbocycles. The molecule has 1 heterocycles. The van der Waals surface area contributed by atoms with Crippen molar-refractivity contribution in [3.05, 3.63) is 188 Å². The molecule has 0 aliphatic carbocycles. The van der Waals surface area contributed by atoms with E-state index in [2.05, 4.69) is 193 Å². The third-order valence-electron chi connectivity index (χ3n) is 9.23. The highest BCUT2D eigenvalue weighted by Crippen LogP contribution is 2.45. The fourth-order valence-corrected chi connectivity index (χ4v) is 6.89. The van der Waals surface area contributed by atoms with Crippen molar-refractivity contribution in [1.29, 1.82) is 0 Å². The minimum Gasteiger partial charge on any atom is -0.455 e. The maximum absolute atomic E-state index is 6.89. The molecule has 0 spiro atoms. The summed E-state index contributed by atoms with van der Waals surface area (Å²) in [7, 11) is 0. The van der Waals surface area contributed by atoms with Crippen LogP contribution < -0.4 is 4.90 Å². The van der Waals surface area contributed by atoms with Crippen molar-refractivity contribution in [2.24, 2.45) is 0 Å². The number of rotatable bonds is 6. The average Bonchev–Trinajstić information content (AvgIpc) is 3.55. The largest absolute Gasteiger partial charge is 0.455 e. The Morgan fingerprint density at radius 2 is 0.896 bits per heavy atom. The fraction of sp³-hybridized carbons (Fsp3) is 0. The molecule has 0 radical (unpaired) electrons. The van der Waals surface area contributed by atoms with E-state index in [-0.39, 0.29) is 0 Å². The number of furan rings is 1. The van der Waals surface area contributed by atoms with Crippen LogP contribution in [0.25, 0.3) is 66.1 Å². The van der Waals surface area contributed by atoms with Crippen molar-refractivity contribution in [2.75, 3.05) is 4.90 Å². The first-order valence-corrected chi connectivity index (χ1v) is 16.3. The van der Waals surface area contributed by atoms with Crippen molar-refractivity contribution in [2.45, 2.75) is 0 Å². The second-order valence-corrected chi connectivity index (χ2v) is 12.2. The van der Waals surface area contributed by atoms with Gasteiger partial charge in [-0.3, -0.25) is 0 Å². The molecule has 0 atom stereocenters. The van der Waals surface area contributed by atoms with Crippen LogP contribution >= 0.6 is 0 Å². The number of hydrogen-bond acceptors (Lipinski definition) is 2. The van der Waals surface area contributed by atoms with Crippen molar-refractivity contribution in [1.82, 2.24) is 0 Å². The van der Waals surface area contributed by atoms with Crippen LogP contribution in [-0.4, -0.2) is 0 Å². The summed E-state index contributed by atoms with van der Waals surface area (Å²) in [5.74, 6) is 0. The summed E-state index contributed by atoms with van der Waals surface area (Å²) in [6.45, 7) is 0. The van der Waals surface area contributed by atoms with Gasteiger partial charge >= 0.3 is 0 Å². The van der Waals surface area contributed by atoms with Crippen molar-refractivity contribution >= 4 is 49.8 Å². The summed E-state index contributed by atoms with van der Waals surface area (Å²) in [5, 5.41) is 4.49. The lowest BCUT2D eigenvalue weighted by Crippen LogP contribution is -2.10. The Morgan fingerprint density at radius 1 is 0.312 bits per heavy atom. The topological polar surface area (TPSA) is 16.4 Å². The van der Waals surface area contributed by atoms with Crippen molar-refractivity contribution < 1.29 is 4.42 Å². The molecule has 226 valence electrons. The molecule has 0 amide bonds. The fourth-order valence-electron chi connectivity index (χ4n) is 6.89. The number of anilines is 3. The highest BCUT2D eigenvalue weighted by Gasteiger charge is 2.21. The molecule has 1 aromatic heterocycles. The van der Waals surface area contributed by atoms with E-state index in [0.717, 1.165) is 55.5 Å². The van der Waals surface area contributed by atoms with Crippen LogP contribution in [-0.2, 0) is 0 Å². The number of hydrogen-bond donors (Lipinski definition) is 0. The lowest BCUT2D eigenvalue weighted by molar-refractivity contribution is 0.674. The van der Waals surface area contributed by atoms with Crippen LogP contribution in [0.15, 0.2) is 192 Å². The monoisotopic (exact) mass is 613 g/mol. The molecule has 0 aliphatic rings. The van der Waals surface area contributed by atoms with Gasteiger partial charge in [-0.15, -0.1) is 0 Å². The lowest BCUT2D eigenvalue weighted by Gasteiger charge is -2.26. The molecular weight excluding hydrogens is 583 g/mol. The van der Waals surface area contributed by atoms with Gasteiger partial charge in [0.1, 0.15) is 11.2 Å². The Morgan fingerprint density at radius 3 is 1.65 bits per heavy atom. The molecule has 9 aromatic rings. The van der Waals surface area contributed by atoms with Gasteiger partial charge in [-0.25, -0.2) is 0 Å². The van der Waals surface area contributed by atoms with Crippen molar-refractivity contribution in [3.63, 3.8) is 0 Å². The molecule has 0 unspecified atom stereocenters. The van der Waals surface area contributed by atoms with Gasteiger partial charge in [0, 0.05) is 38.8 Å². The quantitative estimate of drug-likeness (QED) is 0.185. The van der Waals surface area contributed by atoms with Gasteiger partial charge in [0.25, 0.3) is 0 Å². The Bertz CT molecular complexity index is 2530. The number of benzene rings is 8. The molecular formula is C46H31NO. The summed E-state index contributed by atoms with van der Waals surface area (Å²) in [6.07, 6.45) is 0. The van der Waals surface area contributed by atoms with Crippen LogP contribution in [0.4, 0.5) is 17.1 Å². The third kappa shape index (κ3) is 4.92. The number of para-hydroxylation sites is 1. The third-order valence-corrected chi connectivity index (χ3v) is 9.23. The molecule has 0 fully saturated rings. The second kappa shape index (κ2) is 11.8. The molecule has 0 bridgehead atoms. The number of nitrogens with zero attached hydrogens (tertiary/aromatic N) is 1. The highest BCUT2D eigenvalue weighted by atomic mass is 16.3. The molecule has 2 heteroatoms. The van der Waals surface area contributed by atoms with E-state index in [1.807, 2.05) is 0 Å². The molecule has 0 saturated heterocycles. The van der Waals surface area contributed by atoms with E-state index < -0.39 is 0 Å². The van der Waals surface area contributed by atoms with Crippen LogP contribution in [0.1, 0.15) is 0 Å². The minimum absolute atomic E-state index is 0.891. The summed E-state index contributed by atoms with van der Waals surface area (Å²) in [6, 6.07) is 66.8. The lowest BCUT2D eigenvalue weighted by atomic mass is 9.96. The zero-order valence-electron chi connectivity index (χ0n) is 26.3. The normalized spacial score (nSPS) is 11.3. The van der Waals surface area contributed by atoms with Gasteiger partial charge in [-0.05, 0) is 81.7 Å². The SMILES string of the molecule is c1ccc(-c2ccc(N(c3ccccc3)c3cc(-c4cccc(-c5ccccc5)c4)c4oc5c6ccccc6ccc5c4c3)cc2)cc1. The maximum Gasteiger partial charge on any atom is 0.143 e. The molecule has 0 saturated carbocycles. The number of fused-ring (bicyclic) bond motifs is 5. The zero-order valence-corrected chi connectivity index (χ0v) is 26.3. The first kappa shape index (κ1) is 27.9. The van der Waals surface area contributed by atoms with E-state index in [1.54, 1.807) is 0 Å². The van der Waals surface area contributed by atoms with E-state index in [4.69, 9.17) is 4.42 Å². The van der Waals surface area contributed by atoms with E-state index in [9.17, 15) is 0 Å². The van der Waals surface area contributed by atoms with Crippen LogP contribution in [0.2, 0.25) is 0 Å². The summed E-state index contributed by atoms with van der Waals surface area (Å²) >= 11 is 0. The predicted molar refractivity (Wildman–Crippen MR) is 202 cm³/mol. The summed E-state index contributed by atoms with van der Waals surface area (Å²) in [5.41, 5.74) is 12.0. The molecule has 0 aliphatic heterocycles. The smallest absolute Gasteiger partial charge is 0.143 e. The van der Waals surface area contributed by atoms with Gasteiger partial charge in [0.2, 0.25) is 0 Å². The Balaban J connectivity index is 1.30. The van der Waals surface area contributed by atoms with E-state index in [1.165, 1.54) is 27.6 Å². The first-order valence-electron chi connectivity index (χ1n) is 16.3. The minimum atomic E-state index is 0.891. The first-order chi connectivity index (χ1) is 23.8. The Hall–Kier alpha value is -6.38. The van der Waals surface area contributed by atoms with Crippen molar-refractivity contribution in [3.8, 4) is 33.4 Å². The highest BCUT2D eigenvalue weighted by molar-refractivity contribution is 6.18.